The Morgan fingerprint density at radius 1 is 0.366 bits per heavy atom. The summed E-state index contributed by atoms with van der Waals surface area (Å²) in [6, 6.07) is 43.0. The molecule has 0 aliphatic carbocycles. The molecule has 3 aromatic heterocycles. The third kappa shape index (κ3) is 14.7. The molecule has 0 saturated heterocycles. The summed E-state index contributed by atoms with van der Waals surface area (Å²) in [6.45, 7) is 1.04. The maximum Gasteiger partial charge on any atom is 0.246 e. The number of nitrogens with two attached hydrogens (primary N) is 3. The molecule has 18 heteroatoms. The summed E-state index contributed by atoms with van der Waals surface area (Å²) in [5.74, 6) is -2.38. The minimum atomic E-state index is -0.832. The summed E-state index contributed by atoms with van der Waals surface area (Å²) in [6.07, 6.45) is 8.30. The summed E-state index contributed by atoms with van der Waals surface area (Å²) < 4.78 is 0. The zero-order valence-electron chi connectivity index (χ0n) is 45.6. The van der Waals surface area contributed by atoms with Crippen molar-refractivity contribution in [3.8, 4) is 0 Å². The van der Waals surface area contributed by atoms with E-state index in [1.165, 1.54) is 0 Å². The Morgan fingerprint density at radius 2 is 0.634 bits per heavy atom. The first-order valence-electron chi connectivity index (χ1n) is 27.8. The van der Waals surface area contributed by atoms with Crippen molar-refractivity contribution in [3.05, 3.63) is 198 Å². The molecular weight excluding hydrogens is 1030 g/mol. The van der Waals surface area contributed by atoms with E-state index in [4.69, 9.17) is 17.2 Å². The van der Waals surface area contributed by atoms with Gasteiger partial charge in [0.15, 0.2) is 0 Å². The molecule has 422 valence electrons. The average Bonchev–Trinajstić information content (AvgIpc) is 4.37. The number of para-hydroxylation sites is 3. The molecule has 9 rings (SSSR count). The highest BCUT2D eigenvalue weighted by molar-refractivity contribution is 6.00. The third-order valence-electron chi connectivity index (χ3n) is 14.7. The largest absolute Gasteiger partial charge is 0.361 e. The van der Waals surface area contributed by atoms with Crippen LogP contribution in [-0.4, -0.2) is 88.2 Å². The van der Waals surface area contributed by atoms with Crippen molar-refractivity contribution in [3.63, 3.8) is 0 Å². The van der Waals surface area contributed by atoms with E-state index in [0.29, 0.717) is 75.2 Å². The molecule has 9 aromatic rings. The van der Waals surface area contributed by atoms with Crippen LogP contribution >= 0.6 is 0 Å². The Bertz CT molecular complexity index is 3260. The van der Waals surface area contributed by atoms with Crippen LogP contribution in [0.3, 0.4) is 0 Å². The van der Waals surface area contributed by atoms with Gasteiger partial charge in [0.1, 0.15) is 18.1 Å². The first-order chi connectivity index (χ1) is 40.0. The number of hydrogen-bond donors (Lipinski definition) is 12. The van der Waals surface area contributed by atoms with E-state index in [0.717, 1.165) is 66.1 Å². The lowest BCUT2D eigenvalue weighted by atomic mass is 9.85. The predicted molar refractivity (Wildman–Crippen MR) is 323 cm³/mol. The second-order valence-electron chi connectivity index (χ2n) is 20.5. The number of hydrogen-bond acceptors (Lipinski definition) is 9. The van der Waals surface area contributed by atoms with Crippen LogP contribution in [0, 0.1) is 0 Å². The van der Waals surface area contributed by atoms with Gasteiger partial charge in [0.2, 0.25) is 35.4 Å². The molecule has 6 aromatic carbocycles. The van der Waals surface area contributed by atoms with Crippen LogP contribution in [0.4, 0.5) is 17.1 Å². The summed E-state index contributed by atoms with van der Waals surface area (Å²) in [7, 11) is 0. The van der Waals surface area contributed by atoms with Gasteiger partial charge in [0.05, 0.1) is 19.3 Å². The number of rotatable bonds is 27. The monoisotopic (exact) mass is 1100 g/mol. The van der Waals surface area contributed by atoms with Crippen molar-refractivity contribution < 1.29 is 28.8 Å². The lowest BCUT2D eigenvalue weighted by molar-refractivity contribution is -0.126. The molecule has 6 amide bonds. The maximum atomic E-state index is 13.9. The summed E-state index contributed by atoms with van der Waals surface area (Å²) in [5.41, 5.74) is 26.9. The molecule has 0 saturated carbocycles. The van der Waals surface area contributed by atoms with Crippen LogP contribution in [0.15, 0.2) is 164 Å². The van der Waals surface area contributed by atoms with Gasteiger partial charge in [-0.05, 0) is 146 Å². The third-order valence-corrected chi connectivity index (χ3v) is 14.7. The normalized spacial score (nSPS) is 12.4. The Labute approximate surface area is 475 Å². The number of anilines is 3. The van der Waals surface area contributed by atoms with Crippen molar-refractivity contribution in [2.24, 2.45) is 17.2 Å². The minimum Gasteiger partial charge on any atom is -0.361 e. The molecule has 82 heavy (non-hydrogen) atoms. The highest BCUT2D eigenvalue weighted by atomic mass is 16.2. The first kappa shape index (κ1) is 57.3. The van der Waals surface area contributed by atoms with Crippen LogP contribution < -0.4 is 49.1 Å². The van der Waals surface area contributed by atoms with E-state index >= 15 is 0 Å². The van der Waals surface area contributed by atoms with Crippen molar-refractivity contribution in [1.82, 2.24) is 30.9 Å². The fourth-order valence-electron chi connectivity index (χ4n) is 10.4. The molecule has 0 aliphatic rings. The van der Waals surface area contributed by atoms with E-state index < -0.39 is 18.1 Å². The van der Waals surface area contributed by atoms with E-state index in [-0.39, 0.29) is 60.6 Å². The quantitative estimate of drug-likeness (QED) is 0.0226. The smallest absolute Gasteiger partial charge is 0.246 e. The van der Waals surface area contributed by atoms with E-state index in [1.807, 2.05) is 128 Å². The highest BCUT2D eigenvalue weighted by Crippen LogP contribution is 2.34. The van der Waals surface area contributed by atoms with Crippen molar-refractivity contribution in [2.45, 2.75) is 81.8 Å². The molecule has 0 bridgehead atoms. The number of H-pyrrole nitrogens is 3. The van der Waals surface area contributed by atoms with Crippen molar-refractivity contribution >= 4 is 85.2 Å². The van der Waals surface area contributed by atoms with Gasteiger partial charge in [-0.1, -0.05) is 91.0 Å². The lowest BCUT2D eigenvalue weighted by Gasteiger charge is -2.22. The van der Waals surface area contributed by atoms with E-state index in [2.05, 4.69) is 46.9 Å². The van der Waals surface area contributed by atoms with Crippen LogP contribution in [0.1, 0.15) is 77.8 Å². The first-order valence-corrected chi connectivity index (χ1v) is 27.8. The Balaban J connectivity index is 0.916. The number of carbonyl (C=O) groups is 6. The molecule has 3 atom stereocenters. The SMILES string of the molecule is NCCC[C@H](NC(=O)Cc1c[nH]c2ccccc12)C(=O)Nc1ccc(C(c2ccc(NC(=O)[C@H](CCCN)NC(=O)Cc3c[nH]c4ccccc34)cc2)c2ccc(NC(=O)[C@@H](CCCN)NC(=O)Cc3c[nH]c4ccccc34)cc2)cc1. The standard InChI is InChI=1S/C64H70N12O6/c65-31-7-16-55(74-58(77)34-43-37-68-52-13-4-1-10-49(43)52)62(80)71-46-25-19-40(20-26-46)61(41-21-27-47(28-22-41)72-63(81)56(17-8-32-66)75-59(78)35-44-38-69-53-14-5-2-11-50(44)53)42-23-29-48(30-24-42)73-64(82)57(18-9-33-67)76-60(79)36-45-39-70-54-15-6-3-12-51(45)54/h1-6,10-15,19-30,37-39,55-57,61,68-70H,7-9,16-18,31-36,65-67H2,(H,71,80)(H,72,81)(H,73,82)(H,74,77)(H,75,78)(H,76,79)/t55-,56-,57+/m0/s1. The number of benzene rings is 6. The zero-order chi connectivity index (χ0) is 57.4. The predicted octanol–water partition coefficient (Wildman–Crippen LogP) is 7.53. The average molecular weight is 1100 g/mol. The van der Waals surface area contributed by atoms with Crippen LogP contribution in [0.2, 0.25) is 0 Å². The number of fused-ring (bicyclic) bond motifs is 3. The van der Waals surface area contributed by atoms with Crippen LogP contribution in [0.5, 0.6) is 0 Å². The molecule has 0 unspecified atom stereocenters. The molecule has 0 spiro atoms. The second-order valence-corrected chi connectivity index (χ2v) is 20.5. The lowest BCUT2D eigenvalue weighted by Crippen LogP contribution is -2.44. The molecule has 18 nitrogen and oxygen atoms in total. The van der Waals surface area contributed by atoms with Crippen LogP contribution in [-0.2, 0) is 48.0 Å². The zero-order valence-corrected chi connectivity index (χ0v) is 45.6. The fourth-order valence-corrected chi connectivity index (χ4v) is 10.4. The van der Waals surface area contributed by atoms with Crippen molar-refractivity contribution in [2.75, 3.05) is 35.6 Å². The van der Waals surface area contributed by atoms with Gasteiger partial charge in [-0.25, -0.2) is 0 Å². The topological polar surface area (TPSA) is 300 Å². The van der Waals surface area contributed by atoms with Gasteiger partial charge >= 0.3 is 0 Å². The van der Waals surface area contributed by atoms with E-state index in [1.54, 1.807) is 36.4 Å². The van der Waals surface area contributed by atoms with E-state index in [9.17, 15) is 28.8 Å². The minimum absolute atomic E-state index is 0.0917. The molecule has 15 N–H and O–H groups in total. The summed E-state index contributed by atoms with van der Waals surface area (Å²) >= 11 is 0. The summed E-state index contributed by atoms with van der Waals surface area (Å²) in [5, 5.41) is 20.6. The molecule has 3 heterocycles. The molecular formula is C64H70N12O6. The number of aromatic nitrogens is 3. The number of carbonyl (C=O) groups excluding carboxylic acids is 6. The number of aromatic amines is 3. The number of amides is 6. The molecule has 0 radical (unpaired) electrons. The van der Waals surface area contributed by atoms with Gasteiger partial charge in [0.25, 0.3) is 0 Å². The Morgan fingerprint density at radius 3 is 0.902 bits per heavy atom. The van der Waals surface area contributed by atoms with Crippen LogP contribution in [0.25, 0.3) is 32.7 Å². The highest BCUT2D eigenvalue weighted by Gasteiger charge is 2.26. The van der Waals surface area contributed by atoms with Gasteiger partial charge in [-0.15, -0.1) is 0 Å². The second kappa shape index (κ2) is 27.7. The van der Waals surface area contributed by atoms with Gasteiger partial charge in [-0.3, -0.25) is 28.8 Å². The Hall–Kier alpha value is -9.36. The fraction of sp³-hybridized carbons (Fsp3) is 0.250. The maximum absolute atomic E-state index is 13.9. The van der Waals surface area contributed by atoms with Gasteiger partial charge in [-0.2, -0.15) is 0 Å². The summed E-state index contributed by atoms with van der Waals surface area (Å²) in [4.78, 5) is 91.3. The van der Waals surface area contributed by atoms with Crippen molar-refractivity contribution in [1.29, 1.82) is 0 Å². The Kier molecular flexibility index (Phi) is 19.4. The van der Waals surface area contributed by atoms with Gasteiger partial charge in [0, 0.05) is 74.3 Å². The van der Waals surface area contributed by atoms with Gasteiger partial charge < -0.3 is 64.1 Å². The number of nitrogens with one attached hydrogen (secondary N) is 9. The molecule has 0 aliphatic heterocycles. The molecule has 0 fully saturated rings.